The first-order valence-corrected chi connectivity index (χ1v) is 5.61. The van der Waals surface area contributed by atoms with Crippen molar-refractivity contribution in [1.29, 1.82) is 0 Å². The largest absolute Gasteiger partial charge is 0.480 e. The molecule has 0 unspecified atom stereocenters. The third-order valence-electron chi connectivity index (χ3n) is 2.25. The van der Waals surface area contributed by atoms with Crippen molar-refractivity contribution in [2.45, 2.75) is 12.8 Å². The van der Waals surface area contributed by atoms with Gasteiger partial charge in [-0.25, -0.2) is 5.84 Å². The number of rotatable bonds is 6. The average molecular weight is 265 g/mol. The molecule has 0 fully saturated rings. The monoisotopic (exact) mass is 265 g/mol. The molecule has 2 amide bonds. The zero-order valence-corrected chi connectivity index (χ0v) is 10.2. The third kappa shape index (κ3) is 5.64. The van der Waals surface area contributed by atoms with Gasteiger partial charge in [0.25, 0.3) is 0 Å². The van der Waals surface area contributed by atoms with E-state index >= 15 is 0 Å². The molecule has 102 valence electrons. The van der Waals surface area contributed by atoms with E-state index in [-0.39, 0.29) is 18.7 Å². The summed E-state index contributed by atoms with van der Waals surface area (Å²) < 4.78 is 0. The molecule has 0 radical (unpaired) electrons. The lowest BCUT2D eigenvalue weighted by Crippen LogP contribution is -2.41. The Labute approximate surface area is 110 Å². The lowest BCUT2D eigenvalue weighted by atomic mass is 10.2. The Balaban J connectivity index is 2.34. The van der Waals surface area contributed by atoms with Gasteiger partial charge in [-0.2, -0.15) is 0 Å². The van der Waals surface area contributed by atoms with Crippen LogP contribution in [0.5, 0.6) is 0 Å². The van der Waals surface area contributed by atoms with Crippen LogP contribution in [0.1, 0.15) is 12.8 Å². The number of benzene rings is 1. The molecule has 19 heavy (non-hydrogen) atoms. The summed E-state index contributed by atoms with van der Waals surface area (Å²) in [6, 6.07) is 8.81. The summed E-state index contributed by atoms with van der Waals surface area (Å²) in [5.74, 6) is 3.10. The number of nitrogens with zero attached hydrogens (tertiary/aromatic N) is 1. The van der Waals surface area contributed by atoms with Crippen molar-refractivity contribution < 1.29 is 19.5 Å². The number of anilines is 1. The summed E-state index contributed by atoms with van der Waals surface area (Å²) in [7, 11) is 0. The first kappa shape index (κ1) is 14.7. The number of amides is 2. The minimum atomic E-state index is -1.20. The highest BCUT2D eigenvalue weighted by Crippen LogP contribution is 2.06. The number of aliphatic carboxylic acids is 1. The molecule has 1 rings (SSSR count). The van der Waals surface area contributed by atoms with Gasteiger partial charge in [0, 0.05) is 18.5 Å². The van der Waals surface area contributed by atoms with E-state index in [9.17, 15) is 14.4 Å². The minimum absolute atomic E-state index is 0.0545. The lowest BCUT2D eigenvalue weighted by molar-refractivity contribution is -0.144. The third-order valence-corrected chi connectivity index (χ3v) is 2.25. The van der Waals surface area contributed by atoms with E-state index in [4.69, 9.17) is 10.9 Å². The van der Waals surface area contributed by atoms with Crippen LogP contribution in [0.3, 0.4) is 0 Å². The molecule has 0 bridgehead atoms. The van der Waals surface area contributed by atoms with Crippen LogP contribution in [0.2, 0.25) is 0 Å². The van der Waals surface area contributed by atoms with E-state index in [0.717, 1.165) is 0 Å². The number of para-hydroxylation sites is 1. The van der Waals surface area contributed by atoms with Gasteiger partial charge in [-0.1, -0.05) is 18.2 Å². The van der Waals surface area contributed by atoms with E-state index in [0.29, 0.717) is 10.7 Å². The summed E-state index contributed by atoms with van der Waals surface area (Å²) in [5, 5.41) is 11.6. The van der Waals surface area contributed by atoms with Gasteiger partial charge in [0.05, 0.1) is 0 Å². The molecule has 1 aromatic carbocycles. The van der Waals surface area contributed by atoms with E-state index in [2.05, 4.69) is 5.32 Å². The normalized spacial score (nSPS) is 9.74. The standard InChI is InChI=1S/C12H15N3O4/c13-15(8-12(18)19)11(17)7-6-10(16)14-9-4-2-1-3-5-9/h1-5H,6-8,13H2,(H,14,16)(H,18,19). The second kappa shape index (κ2) is 7.12. The summed E-state index contributed by atoms with van der Waals surface area (Å²) >= 11 is 0. The van der Waals surface area contributed by atoms with E-state index < -0.39 is 18.4 Å². The van der Waals surface area contributed by atoms with Gasteiger partial charge in [0.15, 0.2) is 0 Å². The summed E-state index contributed by atoms with van der Waals surface area (Å²) in [4.78, 5) is 33.3. The molecular formula is C12H15N3O4. The van der Waals surface area contributed by atoms with Crippen LogP contribution in [0.4, 0.5) is 5.69 Å². The van der Waals surface area contributed by atoms with Crippen LogP contribution in [0.15, 0.2) is 30.3 Å². The quantitative estimate of drug-likeness (QED) is 0.386. The maximum Gasteiger partial charge on any atom is 0.324 e. The molecule has 0 heterocycles. The van der Waals surface area contributed by atoms with E-state index in [1.165, 1.54) is 0 Å². The predicted octanol–water partition coefficient (Wildman–Crippen LogP) is 0.192. The Hall–Kier alpha value is -2.41. The fraction of sp³-hybridized carbons (Fsp3) is 0.250. The van der Waals surface area contributed by atoms with Crippen LogP contribution >= 0.6 is 0 Å². The Bertz CT molecular complexity index is 461. The number of nitrogens with two attached hydrogens (primary N) is 1. The summed E-state index contributed by atoms with van der Waals surface area (Å²) in [6.45, 7) is -0.584. The highest BCUT2D eigenvalue weighted by molar-refractivity contribution is 5.93. The Kier molecular flexibility index (Phi) is 5.49. The van der Waals surface area contributed by atoms with Crippen LogP contribution in [-0.4, -0.2) is 34.4 Å². The van der Waals surface area contributed by atoms with E-state index in [1.807, 2.05) is 6.07 Å². The molecule has 4 N–H and O–H groups in total. The number of hydrazine groups is 1. The van der Waals surface area contributed by atoms with Gasteiger partial charge in [-0.05, 0) is 12.1 Å². The number of carbonyl (C=O) groups excluding carboxylic acids is 2. The zero-order valence-electron chi connectivity index (χ0n) is 10.2. The molecule has 0 saturated carbocycles. The maximum absolute atomic E-state index is 11.5. The Morgan fingerprint density at radius 2 is 1.79 bits per heavy atom. The number of carboxylic acids is 1. The smallest absolute Gasteiger partial charge is 0.324 e. The number of carboxylic acid groups (broad SMARTS) is 1. The van der Waals surface area contributed by atoms with Crippen molar-refractivity contribution in [2.75, 3.05) is 11.9 Å². The number of nitrogens with one attached hydrogen (secondary N) is 1. The summed E-state index contributed by atoms with van der Waals surface area (Å²) in [5.41, 5.74) is 0.634. The molecule has 7 heteroatoms. The fourth-order valence-electron chi connectivity index (χ4n) is 1.34. The van der Waals surface area contributed by atoms with Crippen molar-refractivity contribution in [2.24, 2.45) is 5.84 Å². The topological polar surface area (TPSA) is 113 Å². The number of hydrogen-bond acceptors (Lipinski definition) is 4. The molecule has 0 aliphatic rings. The van der Waals surface area contributed by atoms with Gasteiger partial charge >= 0.3 is 5.97 Å². The van der Waals surface area contributed by atoms with Gasteiger partial charge in [0.2, 0.25) is 11.8 Å². The average Bonchev–Trinajstić information content (AvgIpc) is 2.36. The number of hydrogen-bond donors (Lipinski definition) is 3. The zero-order chi connectivity index (χ0) is 14.3. The Morgan fingerprint density at radius 1 is 1.16 bits per heavy atom. The Morgan fingerprint density at radius 3 is 2.37 bits per heavy atom. The molecule has 0 spiro atoms. The first-order valence-electron chi connectivity index (χ1n) is 5.61. The van der Waals surface area contributed by atoms with Gasteiger partial charge in [0.1, 0.15) is 6.54 Å². The summed E-state index contributed by atoms with van der Waals surface area (Å²) in [6.07, 6.45) is -0.191. The first-order chi connectivity index (χ1) is 8.99. The second-order valence-electron chi connectivity index (χ2n) is 3.83. The van der Waals surface area contributed by atoms with Gasteiger partial charge in [-0.3, -0.25) is 19.4 Å². The van der Waals surface area contributed by atoms with Crippen molar-refractivity contribution in [3.63, 3.8) is 0 Å². The van der Waals surface area contributed by atoms with Crippen molar-refractivity contribution in [1.82, 2.24) is 5.01 Å². The second-order valence-corrected chi connectivity index (χ2v) is 3.83. The SMILES string of the molecule is NN(CC(=O)O)C(=O)CCC(=O)Nc1ccccc1. The maximum atomic E-state index is 11.5. The molecule has 0 saturated heterocycles. The highest BCUT2D eigenvalue weighted by atomic mass is 16.4. The molecule has 0 aromatic heterocycles. The fourth-order valence-corrected chi connectivity index (χ4v) is 1.34. The van der Waals surface area contributed by atoms with Gasteiger partial charge < -0.3 is 10.4 Å². The predicted molar refractivity (Wildman–Crippen MR) is 67.8 cm³/mol. The van der Waals surface area contributed by atoms with Crippen LogP contribution in [0, 0.1) is 0 Å². The lowest BCUT2D eigenvalue weighted by Gasteiger charge is -2.13. The molecule has 0 aliphatic heterocycles. The molecule has 1 aromatic rings. The van der Waals surface area contributed by atoms with Crippen LogP contribution < -0.4 is 11.2 Å². The van der Waals surface area contributed by atoms with Crippen molar-refractivity contribution in [3.8, 4) is 0 Å². The molecule has 0 aliphatic carbocycles. The highest BCUT2D eigenvalue weighted by Gasteiger charge is 2.14. The van der Waals surface area contributed by atoms with Crippen molar-refractivity contribution in [3.05, 3.63) is 30.3 Å². The van der Waals surface area contributed by atoms with E-state index in [1.54, 1.807) is 24.3 Å². The van der Waals surface area contributed by atoms with Gasteiger partial charge in [-0.15, -0.1) is 0 Å². The molecule has 0 atom stereocenters. The minimum Gasteiger partial charge on any atom is -0.480 e. The van der Waals surface area contributed by atoms with Crippen molar-refractivity contribution >= 4 is 23.5 Å². The van der Waals surface area contributed by atoms with Crippen LogP contribution in [-0.2, 0) is 14.4 Å². The molecular weight excluding hydrogens is 250 g/mol. The number of carbonyl (C=O) groups is 3. The molecule has 7 nitrogen and oxygen atoms in total. The van der Waals surface area contributed by atoms with Crippen LogP contribution in [0.25, 0.3) is 0 Å².